The molecule has 17 heavy (non-hydrogen) atoms. The monoisotopic (exact) mass is 238 g/mol. The zero-order valence-electron chi connectivity index (χ0n) is 9.63. The number of nitrogens with one attached hydrogen (secondary N) is 1. The van der Waals surface area contributed by atoms with Crippen LogP contribution in [0, 0.1) is 5.82 Å². The van der Waals surface area contributed by atoms with Gasteiger partial charge in [0.15, 0.2) is 0 Å². The second-order valence-corrected chi connectivity index (χ2v) is 4.25. The summed E-state index contributed by atoms with van der Waals surface area (Å²) in [6, 6.07) is 4.21. The van der Waals surface area contributed by atoms with Crippen LogP contribution in [0.2, 0.25) is 0 Å². The summed E-state index contributed by atoms with van der Waals surface area (Å²) in [4.78, 5) is 11.9. The Hall–Kier alpha value is -1.62. The molecule has 1 fully saturated rings. The van der Waals surface area contributed by atoms with Gasteiger partial charge in [-0.05, 0) is 31.0 Å². The summed E-state index contributed by atoms with van der Waals surface area (Å²) in [7, 11) is 1.50. The van der Waals surface area contributed by atoms with Crippen LogP contribution in [0.5, 0.6) is 5.75 Å². The molecule has 0 heterocycles. The van der Waals surface area contributed by atoms with Crippen LogP contribution in [0.25, 0.3) is 0 Å². The van der Waals surface area contributed by atoms with Gasteiger partial charge >= 0.3 is 0 Å². The van der Waals surface area contributed by atoms with Crippen molar-refractivity contribution in [2.75, 3.05) is 7.11 Å². The predicted molar refractivity (Wildman–Crippen MR) is 60.8 cm³/mol. The first-order valence-electron chi connectivity index (χ1n) is 5.49. The third kappa shape index (κ3) is 1.76. The molecule has 0 aromatic heterocycles. The number of benzene rings is 1. The van der Waals surface area contributed by atoms with E-state index in [1.165, 1.54) is 25.3 Å². The average Bonchev–Trinajstić information content (AvgIpc) is 2.27. The van der Waals surface area contributed by atoms with Gasteiger partial charge in [0.1, 0.15) is 11.6 Å². The number of rotatable bonds is 3. The van der Waals surface area contributed by atoms with Crippen molar-refractivity contribution in [1.29, 1.82) is 0 Å². The lowest BCUT2D eigenvalue weighted by atomic mass is 9.63. The van der Waals surface area contributed by atoms with E-state index in [0.717, 1.165) is 6.42 Å². The normalized spacial score (nSPS) is 17.1. The second-order valence-electron chi connectivity index (χ2n) is 4.25. The largest absolute Gasteiger partial charge is 0.496 e. The van der Waals surface area contributed by atoms with Gasteiger partial charge in [0.2, 0.25) is 5.91 Å². The lowest BCUT2D eigenvalue weighted by Gasteiger charge is -2.40. The van der Waals surface area contributed by atoms with Crippen molar-refractivity contribution in [2.45, 2.75) is 24.7 Å². The van der Waals surface area contributed by atoms with Gasteiger partial charge in [-0.3, -0.25) is 10.2 Å². The number of methoxy groups -OCH3 is 1. The van der Waals surface area contributed by atoms with Crippen LogP contribution in [0.15, 0.2) is 18.2 Å². The maximum absolute atomic E-state index is 13.3. The number of amides is 1. The molecular weight excluding hydrogens is 223 g/mol. The van der Waals surface area contributed by atoms with Crippen molar-refractivity contribution in [2.24, 2.45) is 5.84 Å². The molecule has 0 unspecified atom stereocenters. The Morgan fingerprint density at radius 3 is 2.71 bits per heavy atom. The van der Waals surface area contributed by atoms with E-state index in [0.29, 0.717) is 24.2 Å². The van der Waals surface area contributed by atoms with Gasteiger partial charge in [0, 0.05) is 5.56 Å². The second kappa shape index (κ2) is 4.33. The van der Waals surface area contributed by atoms with Gasteiger partial charge in [0.25, 0.3) is 0 Å². The fourth-order valence-corrected chi connectivity index (χ4v) is 2.34. The minimum absolute atomic E-state index is 0.285. The van der Waals surface area contributed by atoms with E-state index < -0.39 is 5.41 Å². The Bertz CT molecular complexity index is 444. The molecule has 0 spiro atoms. The number of nitrogens with two attached hydrogens (primary N) is 1. The van der Waals surface area contributed by atoms with Crippen molar-refractivity contribution in [3.8, 4) is 5.75 Å². The van der Waals surface area contributed by atoms with Gasteiger partial charge in [-0.2, -0.15) is 0 Å². The summed E-state index contributed by atoms with van der Waals surface area (Å²) in [5, 5.41) is 0. The Balaban J connectivity index is 2.50. The molecule has 1 aromatic rings. The fraction of sp³-hybridized carbons (Fsp3) is 0.417. The van der Waals surface area contributed by atoms with Crippen molar-refractivity contribution in [3.63, 3.8) is 0 Å². The SMILES string of the molecule is COc1ccc(F)cc1C1(C(=O)NN)CCC1. The highest BCUT2D eigenvalue weighted by Gasteiger charge is 2.47. The fourth-order valence-electron chi connectivity index (χ4n) is 2.34. The molecule has 0 bridgehead atoms. The molecule has 0 saturated heterocycles. The molecule has 1 saturated carbocycles. The molecule has 92 valence electrons. The summed E-state index contributed by atoms with van der Waals surface area (Å²) in [5.41, 5.74) is 2.00. The summed E-state index contributed by atoms with van der Waals surface area (Å²) in [5.74, 6) is 5.06. The van der Waals surface area contributed by atoms with Crippen LogP contribution >= 0.6 is 0 Å². The average molecular weight is 238 g/mol. The zero-order valence-corrected chi connectivity index (χ0v) is 9.63. The highest BCUT2D eigenvalue weighted by molar-refractivity contribution is 5.89. The van der Waals surface area contributed by atoms with Crippen LogP contribution in [-0.2, 0) is 10.2 Å². The van der Waals surface area contributed by atoms with E-state index in [1.54, 1.807) is 0 Å². The highest BCUT2D eigenvalue weighted by atomic mass is 19.1. The van der Waals surface area contributed by atoms with Crippen LogP contribution in [-0.4, -0.2) is 13.0 Å². The summed E-state index contributed by atoms with van der Waals surface area (Å²) < 4.78 is 18.5. The van der Waals surface area contributed by atoms with E-state index >= 15 is 0 Å². The van der Waals surface area contributed by atoms with E-state index in [1.807, 2.05) is 0 Å². The number of hydrazine groups is 1. The molecule has 0 atom stereocenters. The first kappa shape index (κ1) is 11.9. The maximum Gasteiger partial charge on any atom is 0.244 e. The topological polar surface area (TPSA) is 64.3 Å². The molecule has 3 N–H and O–H groups in total. The standard InChI is InChI=1S/C12H15FN2O2/c1-17-10-4-3-8(13)7-9(10)12(5-2-6-12)11(16)15-14/h3-4,7H,2,5-6,14H2,1H3,(H,15,16). The van der Waals surface area contributed by atoms with Crippen LogP contribution in [0.3, 0.4) is 0 Å². The molecule has 1 aliphatic carbocycles. The highest BCUT2D eigenvalue weighted by Crippen LogP contribution is 2.47. The van der Waals surface area contributed by atoms with Crippen molar-refractivity contribution < 1.29 is 13.9 Å². The number of halogens is 1. The molecule has 0 aliphatic heterocycles. The summed E-state index contributed by atoms with van der Waals surface area (Å²) in [6.45, 7) is 0. The van der Waals surface area contributed by atoms with Gasteiger partial charge < -0.3 is 4.74 Å². The first-order valence-corrected chi connectivity index (χ1v) is 5.49. The van der Waals surface area contributed by atoms with E-state index in [2.05, 4.69) is 5.43 Å². The maximum atomic E-state index is 13.3. The third-order valence-corrected chi connectivity index (χ3v) is 3.45. The van der Waals surface area contributed by atoms with Crippen LogP contribution in [0.4, 0.5) is 4.39 Å². The predicted octanol–water partition coefficient (Wildman–Crippen LogP) is 1.25. The quantitative estimate of drug-likeness (QED) is 0.473. The first-order chi connectivity index (χ1) is 8.14. The molecule has 1 amide bonds. The Morgan fingerprint density at radius 2 is 2.24 bits per heavy atom. The summed E-state index contributed by atoms with van der Waals surface area (Å²) in [6.07, 6.45) is 2.25. The van der Waals surface area contributed by atoms with Gasteiger partial charge in [-0.1, -0.05) is 6.42 Å². The number of hydrogen-bond donors (Lipinski definition) is 2. The van der Waals surface area contributed by atoms with Gasteiger partial charge in [0.05, 0.1) is 12.5 Å². The Kier molecular flexibility index (Phi) is 3.02. The molecule has 2 rings (SSSR count). The molecule has 5 heteroatoms. The number of ether oxygens (including phenoxy) is 1. The van der Waals surface area contributed by atoms with Crippen LogP contribution < -0.4 is 16.0 Å². The van der Waals surface area contributed by atoms with Crippen molar-refractivity contribution >= 4 is 5.91 Å². The number of carbonyl (C=O) groups is 1. The molecule has 1 aliphatic rings. The number of hydrogen-bond acceptors (Lipinski definition) is 3. The smallest absolute Gasteiger partial charge is 0.244 e. The molecular formula is C12H15FN2O2. The van der Waals surface area contributed by atoms with Gasteiger partial charge in [-0.15, -0.1) is 0 Å². The minimum atomic E-state index is -0.734. The lowest BCUT2D eigenvalue weighted by molar-refractivity contribution is -0.130. The van der Waals surface area contributed by atoms with E-state index in [4.69, 9.17) is 10.6 Å². The Labute approximate surface area is 98.9 Å². The van der Waals surface area contributed by atoms with E-state index in [-0.39, 0.29) is 11.7 Å². The molecule has 0 radical (unpaired) electrons. The lowest BCUT2D eigenvalue weighted by Crippen LogP contribution is -2.51. The zero-order chi connectivity index (χ0) is 12.5. The van der Waals surface area contributed by atoms with Crippen LogP contribution in [0.1, 0.15) is 24.8 Å². The molecule has 1 aromatic carbocycles. The summed E-state index contributed by atoms with van der Waals surface area (Å²) >= 11 is 0. The minimum Gasteiger partial charge on any atom is -0.496 e. The van der Waals surface area contributed by atoms with Crippen molar-refractivity contribution in [1.82, 2.24) is 5.43 Å². The van der Waals surface area contributed by atoms with Gasteiger partial charge in [-0.25, -0.2) is 10.2 Å². The van der Waals surface area contributed by atoms with Crippen molar-refractivity contribution in [3.05, 3.63) is 29.6 Å². The molecule has 4 nitrogen and oxygen atoms in total. The van der Waals surface area contributed by atoms with E-state index in [9.17, 15) is 9.18 Å². The number of carbonyl (C=O) groups excluding carboxylic acids is 1. The Morgan fingerprint density at radius 1 is 1.53 bits per heavy atom. The third-order valence-electron chi connectivity index (χ3n) is 3.45.